The molecule has 0 fully saturated rings. The zero-order valence-electron chi connectivity index (χ0n) is 18.8. The van der Waals surface area contributed by atoms with Crippen molar-refractivity contribution in [3.63, 3.8) is 0 Å². The summed E-state index contributed by atoms with van der Waals surface area (Å²) in [5.74, 6) is 0.632. The average Bonchev–Trinajstić information content (AvgIpc) is 3.21. The molecule has 1 atom stereocenters. The van der Waals surface area contributed by atoms with E-state index in [0.717, 1.165) is 53.8 Å². The molecule has 1 aromatic carbocycles. The first-order valence-corrected chi connectivity index (χ1v) is 11.2. The van der Waals surface area contributed by atoms with E-state index in [0.29, 0.717) is 11.6 Å². The number of hydrogen-bond acceptors (Lipinski definition) is 3. The largest absolute Gasteiger partial charge is 0.405 e. The van der Waals surface area contributed by atoms with Crippen LogP contribution in [0.2, 0.25) is 0 Å². The number of nitrogens with zero attached hydrogens (tertiary/aromatic N) is 3. The van der Waals surface area contributed by atoms with Gasteiger partial charge in [-0.15, -0.1) is 0 Å². The van der Waals surface area contributed by atoms with Gasteiger partial charge in [0, 0.05) is 30.2 Å². The highest BCUT2D eigenvalue weighted by Crippen LogP contribution is 2.26. The Hall–Kier alpha value is -3.62. The van der Waals surface area contributed by atoms with Gasteiger partial charge in [0.25, 0.3) is 0 Å². The van der Waals surface area contributed by atoms with Gasteiger partial charge in [0.05, 0.1) is 11.9 Å². The number of urea groups is 1. The quantitative estimate of drug-likeness (QED) is 0.484. The highest BCUT2D eigenvalue weighted by atomic mass is 19.4. The summed E-state index contributed by atoms with van der Waals surface area (Å²) in [6.07, 6.45) is 6.64. The van der Waals surface area contributed by atoms with Crippen molar-refractivity contribution >= 4 is 29.2 Å². The Balaban J connectivity index is 1.53. The molecule has 0 saturated carbocycles. The van der Waals surface area contributed by atoms with Crippen molar-refractivity contribution in [3.8, 4) is 11.3 Å². The first-order valence-electron chi connectivity index (χ1n) is 11.2. The summed E-state index contributed by atoms with van der Waals surface area (Å²) in [6, 6.07) is 9.98. The number of alkyl halides is 3. The number of nitrogens with one attached hydrogen (secondary N) is 2. The van der Waals surface area contributed by atoms with Crippen LogP contribution in [0.1, 0.15) is 31.7 Å². The molecule has 34 heavy (non-hydrogen) atoms. The molecule has 4 rings (SSSR count). The number of benzene rings is 1. The molecule has 2 aromatic heterocycles. The molecule has 9 heteroatoms. The molecule has 0 aliphatic carbocycles. The zero-order chi connectivity index (χ0) is 24.1. The van der Waals surface area contributed by atoms with Crippen molar-refractivity contribution in [2.75, 3.05) is 18.4 Å². The molecule has 6 nitrogen and oxygen atoms in total. The van der Waals surface area contributed by atoms with Gasteiger partial charge in [0.15, 0.2) is 0 Å². The van der Waals surface area contributed by atoms with Gasteiger partial charge >= 0.3 is 12.2 Å². The van der Waals surface area contributed by atoms with Crippen molar-refractivity contribution in [1.29, 1.82) is 0 Å². The molecule has 1 unspecified atom stereocenters. The van der Waals surface area contributed by atoms with Crippen LogP contribution in [0.15, 0.2) is 59.9 Å². The Kier molecular flexibility index (Phi) is 7.00. The third kappa shape index (κ3) is 5.84. The fourth-order valence-electron chi connectivity index (χ4n) is 3.93. The molecule has 0 bridgehead atoms. The van der Waals surface area contributed by atoms with E-state index in [1.807, 2.05) is 35.0 Å². The van der Waals surface area contributed by atoms with E-state index in [9.17, 15) is 18.0 Å². The molecule has 3 heterocycles. The number of rotatable bonds is 5. The lowest BCUT2D eigenvalue weighted by molar-refractivity contribution is -0.122. The topological polar surface area (TPSA) is 70.8 Å². The van der Waals surface area contributed by atoms with E-state index in [1.54, 1.807) is 29.7 Å². The Bertz CT molecular complexity index is 1230. The second-order valence-corrected chi connectivity index (χ2v) is 8.30. The lowest BCUT2D eigenvalue weighted by Gasteiger charge is -2.14. The molecule has 1 aliphatic heterocycles. The maximum atomic E-state index is 12.3. The Morgan fingerprint density at radius 1 is 1.21 bits per heavy atom. The highest BCUT2D eigenvalue weighted by molar-refractivity contribution is 6.10. The van der Waals surface area contributed by atoms with Crippen LogP contribution in [-0.2, 0) is 0 Å². The molecule has 3 aromatic rings. The lowest BCUT2D eigenvalue weighted by Crippen LogP contribution is -2.36. The first kappa shape index (κ1) is 23.5. The lowest BCUT2D eigenvalue weighted by atomic mass is 9.97. The zero-order valence-corrected chi connectivity index (χ0v) is 18.8. The van der Waals surface area contributed by atoms with Gasteiger partial charge in [0.1, 0.15) is 12.2 Å². The van der Waals surface area contributed by atoms with Crippen molar-refractivity contribution in [3.05, 3.63) is 60.4 Å². The SMILES string of the molecule is CCC1CC/C=C(/c2ccn3c(-c4cccc(NC(=O)NCC(F)(F)F)c4)cnc3c2)C=NC1. The minimum atomic E-state index is -4.47. The molecular weight excluding hydrogens is 443 g/mol. The number of carbonyl (C=O) groups is 1. The minimum Gasteiger partial charge on any atom is -0.329 e. The standard InChI is InChI=1S/C25H26F3N5O/c1-2-17-5-3-7-20(14-29-13-17)18-9-10-33-22(15-30-23(33)12-18)19-6-4-8-21(11-19)32-24(34)31-16-25(26,27)28/h4,6-12,14-15,17H,2-3,5,13,16H2,1H3,(H2,31,32,34)/b20-7+,29-14?. The number of fused-ring (bicyclic) bond motifs is 1. The van der Waals surface area contributed by atoms with Crippen LogP contribution in [0, 0.1) is 5.92 Å². The van der Waals surface area contributed by atoms with Crippen LogP contribution < -0.4 is 10.6 Å². The van der Waals surface area contributed by atoms with Crippen molar-refractivity contribution in [1.82, 2.24) is 14.7 Å². The number of aliphatic imine (C=N–C) groups is 1. The van der Waals surface area contributed by atoms with Crippen LogP contribution in [0.4, 0.5) is 23.7 Å². The van der Waals surface area contributed by atoms with Crippen LogP contribution in [0.5, 0.6) is 0 Å². The van der Waals surface area contributed by atoms with Gasteiger partial charge in [-0.1, -0.05) is 31.6 Å². The number of amides is 2. The molecule has 2 amide bonds. The number of hydrogen-bond donors (Lipinski definition) is 2. The average molecular weight is 470 g/mol. The third-order valence-corrected chi connectivity index (χ3v) is 5.82. The van der Waals surface area contributed by atoms with Gasteiger partial charge < -0.3 is 10.6 Å². The number of pyridine rings is 1. The maximum Gasteiger partial charge on any atom is 0.405 e. The summed E-state index contributed by atoms with van der Waals surface area (Å²) in [4.78, 5) is 20.9. The van der Waals surface area contributed by atoms with E-state index in [-0.39, 0.29) is 0 Å². The van der Waals surface area contributed by atoms with Crippen LogP contribution >= 0.6 is 0 Å². The molecule has 1 aliphatic rings. The van der Waals surface area contributed by atoms with Gasteiger partial charge in [-0.05, 0) is 54.2 Å². The molecule has 0 saturated heterocycles. The molecule has 178 valence electrons. The first-order chi connectivity index (χ1) is 16.3. The van der Waals surface area contributed by atoms with Crippen LogP contribution in [-0.4, -0.2) is 40.9 Å². The van der Waals surface area contributed by atoms with E-state index in [1.165, 1.54) is 0 Å². The van der Waals surface area contributed by atoms with Crippen molar-refractivity contribution in [2.24, 2.45) is 10.9 Å². The fourth-order valence-corrected chi connectivity index (χ4v) is 3.93. The molecular formula is C25H26F3N5O. The van der Waals surface area contributed by atoms with E-state index in [4.69, 9.17) is 0 Å². The summed E-state index contributed by atoms with van der Waals surface area (Å²) in [5, 5.41) is 4.23. The second-order valence-electron chi connectivity index (χ2n) is 8.30. The number of carbonyl (C=O) groups excluding carboxylic acids is 1. The summed E-state index contributed by atoms with van der Waals surface area (Å²) in [5.41, 5.74) is 4.83. The number of imidazole rings is 1. The maximum absolute atomic E-state index is 12.3. The predicted molar refractivity (Wildman–Crippen MR) is 128 cm³/mol. The number of halogens is 3. The Morgan fingerprint density at radius 2 is 2.06 bits per heavy atom. The summed E-state index contributed by atoms with van der Waals surface area (Å²) in [6.45, 7) is 1.65. The second kappa shape index (κ2) is 10.1. The van der Waals surface area contributed by atoms with Gasteiger partial charge in [-0.2, -0.15) is 13.2 Å². The number of allylic oxidation sites excluding steroid dienone is 2. The normalized spacial score (nSPS) is 18.1. The Morgan fingerprint density at radius 3 is 2.85 bits per heavy atom. The van der Waals surface area contributed by atoms with Crippen molar-refractivity contribution in [2.45, 2.75) is 32.4 Å². The summed E-state index contributed by atoms with van der Waals surface area (Å²) >= 11 is 0. The van der Waals surface area contributed by atoms with Gasteiger partial charge in [-0.3, -0.25) is 9.39 Å². The number of anilines is 1. The Labute approximate surface area is 195 Å². The summed E-state index contributed by atoms with van der Waals surface area (Å²) < 4.78 is 38.8. The van der Waals surface area contributed by atoms with Crippen LogP contribution in [0.25, 0.3) is 22.5 Å². The smallest absolute Gasteiger partial charge is 0.329 e. The third-order valence-electron chi connectivity index (χ3n) is 5.82. The van der Waals surface area contributed by atoms with E-state index in [2.05, 4.69) is 28.3 Å². The minimum absolute atomic E-state index is 0.380. The summed E-state index contributed by atoms with van der Waals surface area (Å²) in [7, 11) is 0. The van der Waals surface area contributed by atoms with Gasteiger partial charge in [-0.25, -0.2) is 9.78 Å². The molecule has 0 spiro atoms. The fraction of sp³-hybridized carbons (Fsp3) is 0.320. The predicted octanol–water partition coefficient (Wildman–Crippen LogP) is 5.96. The van der Waals surface area contributed by atoms with Crippen LogP contribution in [0.3, 0.4) is 0 Å². The molecule has 2 N–H and O–H groups in total. The van der Waals surface area contributed by atoms with E-state index >= 15 is 0 Å². The number of aromatic nitrogens is 2. The monoisotopic (exact) mass is 469 g/mol. The highest BCUT2D eigenvalue weighted by Gasteiger charge is 2.27. The van der Waals surface area contributed by atoms with Crippen molar-refractivity contribution < 1.29 is 18.0 Å². The van der Waals surface area contributed by atoms with E-state index < -0.39 is 18.8 Å². The van der Waals surface area contributed by atoms with Gasteiger partial charge in [0.2, 0.25) is 0 Å². The molecule has 0 radical (unpaired) electrons.